The Balaban J connectivity index is 2.28. The molecule has 2 rings (SSSR count). The minimum atomic E-state index is -0.951. The molecule has 2 aromatic rings. The van der Waals surface area contributed by atoms with E-state index in [0.29, 0.717) is 0 Å². The molecule has 1 N–H and O–H groups in total. The normalized spacial score (nSPS) is 10.2. The first-order chi connectivity index (χ1) is 8.58. The average molecular weight is 270 g/mol. The third kappa shape index (κ3) is 2.60. The Morgan fingerprint density at radius 1 is 1.22 bits per heavy atom. The monoisotopic (exact) mass is 269 g/mol. The lowest BCUT2D eigenvalue weighted by Crippen LogP contribution is -2.16. The lowest BCUT2D eigenvalue weighted by atomic mass is 10.2. The molecule has 0 bridgehead atoms. The summed E-state index contributed by atoms with van der Waals surface area (Å²) in [6.45, 7) is 0. The van der Waals surface area contributed by atoms with Crippen LogP contribution in [0.5, 0.6) is 0 Å². The van der Waals surface area contributed by atoms with Crippen LogP contribution in [-0.4, -0.2) is 15.9 Å². The average Bonchev–Trinajstić information content (AvgIpc) is 2.28. The standard InChI is InChI=1S/C11H6ClF2N3O/c12-11-15-5-4-8(17-11)16-10(18)9-6(13)2-1-3-7(9)14/h1-5H,(H,15,16,17,18). The maximum atomic E-state index is 13.3. The van der Waals surface area contributed by atoms with Crippen molar-refractivity contribution in [1.82, 2.24) is 9.97 Å². The SMILES string of the molecule is O=C(Nc1ccnc(Cl)n1)c1c(F)cccc1F. The Morgan fingerprint density at radius 2 is 1.89 bits per heavy atom. The molecule has 0 aliphatic carbocycles. The van der Waals surface area contributed by atoms with Crippen LogP contribution >= 0.6 is 11.6 Å². The molecule has 0 saturated heterocycles. The number of nitrogens with one attached hydrogen (secondary N) is 1. The van der Waals surface area contributed by atoms with Crippen LogP contribution < -0.4 is 5.32 Å². The summed E-state index contributed by atoms with van der Waals surface area (Å²) in [7, 11) is 0. The molecule has 4 nitrogen and oxygen atoms in total. The van der Waals surface area contributed by atoms with E-state index >= 15 is 0 Å². The van der Waals surface area contributed by atoms with Crippen molar-refractivity contribution in [2.24, 2.45) is 0 Å². The Morgan fingerprint density at radius 3 is 2.50 bits per heavy atom. The van der Waals surface area contributed by atoms with E-state index in [0.717, 1.165) is 12.1 Å². The molecule has 0 atom stereocenters. The van der Waals surface area contributed by atoms with Crippen LogP contribution in [0.1, 0.15) is 10.4 Å². The van der Waals surface area contributed by atoms with Gasteiger partial charge in [-0.25, -0.2) is 18.7 Å². The minimum absolute atomic E-state index is 0.0580. The van der Waals surface area contributed by atoms with Crippen LogP contribution in [0.2, 0.25) is 5.28 Å². The summed E-state index contributed by atoms with van der Waals surface area (Å²) in [5, 5.41) is 2.14. The van der Waals surface area contributed by atoms with Gasteiger partial charge in [0, 0.05) is 6.20 Å². The molecule has 1 aromatic heterocycles. The van der Waals surface area contributed by atoms with Gasteiger partial charge >= 0.3 is 0 Å². The number of halogens is 3. The molecule has 1 amide bonds. The second-order valence-corrected chi connectivity index (χ2v) is 3.60. The molecule has 0 radical (unpaired) electrons. The third-order valence-electron chi connectivity index (χ3n) is 2.06. The number of carbonyl (C=O) groups excluding carboxylic acids is 1. The lowest BCUT2D eigenvalue weighted by Gasteiger charge is -2.06. The number of rotatable bonds is 2. The van der Waals surface area contributed by atoms with E-state index in [1.165, 1.54) is 18.3 Å². The van der Waals surface area contributed by atoms with Crippen molar-refractivity contribution < 1.29 is 13.6 Å². The zero-order valence-electron chi connectivity index (χ0n) is 8.82. The summed E-state index contributed by atoms with van der Waals surface area (Å²) in [6.07, 6.45) is 1.31. The topological polar surface area (TPSA) is 54.9 Å². The summed E-state index contributed by atoms with van der Waals surface area (Å²) >= 11 is 5.52. The van der Waals surface area contributed by atoms with Crippen LogP contribution in [0, 0.1) is 11.6 Å². The number of aromatic nitrogens is 2. The van der Waals surface area contributed by atoms with E-state index in [-0.39, 0.29) is 11.1 Å². The minimum Gasteiger partial charge on any atom is -0.306 e. The van der Waals surface area contributed by atoms with Gasteiger partial charge < -0.3 is 5.32 Å². The number of benzene rings is 1. The van der Waals surface area contributed by atoms with Crippen LogP contribution in [0.4, 0.5) is 14.6 Å². The molecular weight excluding hydrogens is 264 g/mol. The molecule has 0 fully saturated rings. The summed E-state index contributed by atoms with van der Waals surface area (Å²) in [6, 6.07) is 4.50. The van der Waals surface area contributed by atoms with Crippen LogP contribution in [-0.2, 0) is 0 Å². The second-order valence-electron chi connectivity index (χ2n) is 3.26. The highest BCUT2D eigenvalue weighted by Gasteiger charge is 2.17. The number of anilines is 1. The fraction of sp³-hybridized carbons (Fsp3) is 0. The first-order valence-corrected chi connectivity index (χ1v) is 5.19. The van der Waals surface area contributed by atoms with Crippen LogP contribution in [0.25, 0.3) is 0 Å². The number of carbonyl (C=O) groups is 1. The summed E-state index contributed by atoms with van der Waals surface area (Å²) < 4.78 is 26.6. The highest BCUT2D eigenvalue weighted by molar-refractivity contribution is 6.28. The molecule has 0 spiro atoms. The van der Waals surface area contributed by atoms with Gasteiger partial charge in [-0.15, -0.1) is 0 Å². The Kier molecular flexibility index (Phi) is 3.47. The van der Waals surface area contributed by atoms with Crippen LogP contribution in [0.3, 0.4) is 0 Å². The lowest BCUT2D eigenvalue weighted by molar-refractivity contribution is 0.101. The fourth-order valence-corrected chi connectivity index (χ4v) is 1.45. The van der Waals surface area contributed by atoms with Crippen molar-refractivity contribution in [2.75, 3.05) is 5.32 Å². The molecule has 92 valence electrons. The molecule has 0 aliphatic heterocycles. The summed E-state index contributed by atoms with van der Waals surface area (Å²) in [4.78, 5) is 19.0. The summed E-state index contributed by atoms with van der Waals surface area (Å²) in [5.74, 6) is -2.79. The molecule has 7 heteroatoms. The van der Waals surface area contributed by atoms with Crippen molar-refractivity contribution >= 4 is 23.3 Å². The van der Waals surface area contributed by atoms with Gasteiger partial charge in [0.25, 0.3) is 5.91 Å². The molecular formula is C11H6ClF2N3O. The van der Waals surface area contributed by atoms with Gasteiger partial charge in [-0.3, -0.25) is 4.79 Å². The van der Waals surface area contributed by atoms with E-state index in [9.17, 15) is 13.6 Å². The molecule has 1 heterocycles. The van der Waals surface area contributed by atoms with E-state index in [2.05, 4.69) is 15.3 Å². The number of hydrogen-bond acceptors (Lipinski definition) is 3. The van der Waals surface area contributed by atoms with Gasteiger partial charge in [-0.2, -0.15) is 0 Å². The third-order valence-corrected chi connectivity index (χ3v) is 2.24. The Hall–Kier alpha value is -2.08. The van der Waals surface area contributed by atoms with Crippen LogP contribution in [0.15, 0.2) is 30.5 Å². The predicted octanol–water partition coefficient (Wildman–Crippen LogP) is 2.66. The van der Waals surface area contributed by atoms with Crippen molar-refractivity contribution in [3.05, 3.63) is 52.9 Å². The maximum absolute atomic E-state index is 13.3. The van der Waals surface area contributed by atoms with Crippen molar-refractivity contribution in [1.29, 1.82) is 0 Å². The Bertz CT molecular complexity index is 586. The number of nitrogens with zero attached hydrogens (tertiary/aromatic N) is 2. The smallest absolute Gasteiger partial charge is 0.262 e. The fourth-order valence-electron chi connectivity index (χ4n) is 1.30. The van der Waals surface area contributed by atoms with Gasteiger partial charge in [0.1, 0.15) is 23.0 Å². The first kappa shape index (κ1) is 12.4. The molecule has 0 aliphatic rings. The molecule has 18 heavy (non-hydrogen) atoms. The van der Waals surface area contributed by atoms with Crippen molar-refractivity contribution in [3.8, 4) is 0 Å². The second kappa shape index (κ2) is 5.05. The van der Waals surface area contributed by atoms with Gasteiger partial charge in [0.05, 0.1) is 0 Å². The maximum Gasteiger partial charge on any atom is 0.262 e. The van der Waals surface area contributed by atoms with E-state index in [1.807, 2.05) is 0 Å². The van der Waals surface area contributed by atoms with Gasteiger partial charge in [0.2, 0.25) is 5.28 Å². The molecule has 0 unspecified atom stereocenters. The highest BCUT2D eigenvalue weighted by atomic mass is 35.5. The van der Waals surface area contributed by atoms with E-state index in [4.69, 9.17) is 11.6 Å². The van der Waals surface area contributed by atoms with Crippen molar-refractivity contribution in [3.63, 3.8) is 0 Å². The van der Waals surface area contributed by atoms with Gasteiger partial charge in [0.15, 0.2) is 0 Å². The number of amides is 1. The summed E-state index contributed by atoms with van der Waals surface area (Å²) in [5.41, 5.74) is -0.674. The molecule has 0 saturated carbocycles. The van der Waals surface area contributed by atoms with E-state index < -0.39 is 23.1 Å². The first-order valence-electron chi connectivity index (χ1n) is 4.82. The van der Waals surface area contributed by atoms with Crippen molar-refractivity contribution in [2.45, 2.75) is 0 Å². The zero-order chi connectivity index (χ0) is 13.1. The largest absolute Gasteiger partial charge is 0.306 e. The highest BCUT2D eigenvalue weighted by Crippen LogP contribution is 2.14. The quantitative estimate of drug-likeness (QED) is 0.853. The zero-order valence-corrected chi connectivity index (χ0v) is 9.58. The number of hydrogen-bond donors (Lipinski definition) is 1. The van der Waals surface area contributed by atoms with Gasteiger partial charge in [-0.1, -0.05) is 6.07 Å². The van der Waals surface area contributed by atoms with E-state index in [1.54, 1.807) is 0 Å². The van der Waals surface area contributed by atoms with Gasteiger partial charge in [-0.05, 0) is 29.8 Å². The Labute approximate surface area is 106 Å². The predicted molar refractivity (Wildman–Crippen MR) is 61.4 cm³/mol. The molecule has 1 aromatic carbocycles.